The van der Waals surface area contributed by atoms with E-state index in [0.717, 1.165) is 32.1 Å². The first-order valence-corrected chi connectivity index (χ1v) is 9.16. The van der Waals surface area contributed by atoms with Crippen molar-refractivity contribution in [3.05, 3.63) is 0 Å². The minimum atomic E-state index is -0.00930. The molecule has 0 aliphatic heterocycles. The topological polar surface area (TPSA) is 32.3 Å². The van der Waals surface area contributed by atoms with E-state index < -0.39 is 0 Å². The Hall–Kier alpha value is -0.0800. The van der Waals surface area contributed by atoms with Crippen molar-refractivity contribution in [2.24, 2.45) is 0 Å². The second-order valence-electron chi connectivity index (χ2n) is 6.47. The number of hydrogen-bond acceptors (Lipinski definition) is 2. The van der Waals surface area contributed by atoms with Crippen LogP contribution in [-0.2, 0) is 0 Å². The number of hydrogen-bond donors (Lipinski definition) is 2. The van der Waals surface area contributed by atoms with Crippen LogP contribution in [0.5, 0.6) is 0 Å². The summed E-state index contributed by atoms with van der Waals surface area (Å²) >= 11 is 0. The van der Waals surface area contributed by atoms with Crippen molar-refractivity contribution >= 4 is 0 Å². The smallest absolute Gasteiger partial charge is 0.0429 e. The van der Waals surface area contributed by atoms with E-state index in [1.165, 1.54) is 57.8 Å². The van der Waals surface area contributed by atoms with Crippen LogP contribution in [0.4, 0.5) is 0 Å². The molecule has 0 rings (SSSR count). The molecule has 0 radical (unpaired) electrons. The first-order valence-electron chi connectivity index (χ1n) is 9.16. The van der Waals surface area contributed by atoms with Gasteiger partial charge in [-0.15, -0.1) is 0 Å². The van der Waals surface area contributed by atoms with Crippen LogP contribution in [0.3, 0.4) is 0 Å². The van der Waals surface area contributed by atoms with Gasteiger partial charge in [0.2, 0.25) is 0 Å². The molecule has 2 N–H and O–H groups in total. The Balaban J connectivity index is 3.62. The van der Waals surface area contributed by atoms with E-state index in [4.69, 9.17) is 0 Å². The maximum absolute atomic E-state index is 9.51. The largest absolute Gasteiger partial charge is 0.316 e. The molecule has 20 heavy (non-hydrogen) atoms. The van der Waals surface area contributed by atoms with Gasteiger partial charge in [-0.1, -0.05) is 91.4 Å². The zero-order valence-corrected chi connectivity index (χ0v) is 14.3. The van der Waals surface area contributed by atoms with Crippen molar-refractivity contribution < 1.29 is 5.21 Å². The maximum atomic E-state index is 9.51. The highest BCUT2D eigenvalue weighted by Crippen LogP contribution is 2.26. The Morgan fingerprint density at radius 2 is 1.05 bits per heavy atom. The van der Waals surface area contributed by atoms with E-state index in [1.807, 2.05) is 0 Å². The lowest BCUT2D eigenvalue weighted by molar-refractivity contribution is 0.0408. The molecule has 0 spiro atoms. The summed E-state index contributed by atoms with van der Waals surface area (Å²) in [5.41, 5.74) is 2.63. The van der Waals surface area contributed by atoms with Crippen LogP contribution in [0.15, 0.2) is 0 Å². The van der Waals surface area contributed by atoms with E-state index in [2.05, 4.69) is 26.3 Å². The van der Waals surface area contributed by atoms with Gasteiger partial charge < -0.3 is 5.21 Å². The fourth-order valence-corrected chi connectivity index (χ4v) is 3.27. The highest BCUT2D eigenvalue weighted by atomic mass is 16.5. The molecule has 122 valence electrons. The van der Waals surface area contributed by atoms with Crippen molar-refractivity contribution in [2.45, 2.75) is 116 Å². The molecule has 0 atom stereocenters. The molecule has 0 aliphatic carbocycles. The third-order valence-corrected chi connectivity index (χ3v) is 4.45. The van der Waals surface area contributed by atoms with Gasteiger partial charge in [0.15, 0.2) is 0 Å². The average Bonchev–Trinajstić information content (AvgIpc) is 2.46. The SMILES string of the molecule is CCCCCCCCCCCC(CCC)(CCC)NO. The lowest BCUT2D eigenvalue weighted by Crippen LogP contribution is -2.43. The minimum absolute atomic E-state index is 0.00930. The van der Waals surface area contributed by atoms with Crippen LogP contribution in [0.2, 0.25) is 0 Å². The zero-order valence-electron chi connectivity index (χ0n) is 14.3. The highest BCUT2D eigenvalue weighted by Gasteiger charge is 2.26. The van der Waals surface area contributed by atoms with Crippen molar-refractivity contribution in [1.29, 1.82) is 0 Å². The highest BCUT2D eigenvalue weighted by molar-refractivity contribution is 4.83. The van der Waals surface area contributed by atoms with Gasteiger partial charge in [0.05, 0.1) is 0 Å². The number of nitrogens with one attached hydrogen (secondary N) is 1. The lowest BCUT2D eigenvalue weighted by atomic mass is 9.84. The fourth-order valence-electron chi connectivity index (χ4n) is 3.27. The van der Waals surface area contributed by atoms with Gasteiger partial charge in [-0.3, -0.25) is 0 Å². The van der Waals surface area contributed by atoms with Crippen LogP contribution in [-0.4, -0.2) is 10.7 Å². The van der Waals surface area contributed by atoms with Gasteiger partial charge in [-0.2, -0.15) is 5.48 Å². The summed E-state index contributed by atoms with van der Waals surface area (Å²) in [7, 11) is 0. The first-order chi connectivity index (χ1) is 9.74. The monoisotopic (exact) mass is 285 g/mol. The molecule has 2 nitrogen and oxygen atoms in total. The Bertz CT molecular complexity index is 188. The van der Waals surface area contributed by atoms with Gasteiger partial charge in [0, 0.05) is 5.54 Å². The standard InChI is InChI=1S/C18H39NO/c1-4-7-8-9-10-11-12-13-14-17-18(19-20,15-5-2)16-6-3/h19-20H,4-17H2,1-3H3. The van der Waals surface area contributed by atoms with Gasteiger partial charge in [0.25, 0.3) is 0 Å². The Morgan fingerprint density at radius 1 is 0.600 bits per heavy atom. The van der Waals surface area contributed by atoms with Crippen LogP contribution >= 0.6 is 0 Å². The molecular weight excluding hydrogens is 246 g/mol. The Kier molecular flexibility index (Phi) is 13.8. The predicted octanol–water partition coefficient (Wildman–Crippen LogP) is 6.23. The van der Waals surface area contributed by atoms with Crippen LogP contribution < -0.4 is 5.48 Å². The predicted molar refractivity (Wildman–Crippen MR) is 89.3 cm³/mol. The number of hydroxylamine groups is 1. The number of rotatable bonds is 15. The fraction of sp³-hybridized carbons (Fsp3) is 1.00. The first kappa shape index (κ1) is 19.9. The quantitative estimate of drug-likeness (QED) is 0.276. The molecule has 0 heterocycles. The molecule has 0 bridgehead atoms. The van der Waals surface area contributed by atoms with Crippen molar-refractivity contribution in [3.8, 4) is 0 Å². The molecule has 0 saturated carbocycles. The molecular formula is C18H39NO. The second kappa shape index (κ2) is 13.9. The molecule has 0 unspecified atom stereocenters. The van der Waals surface area contributed by atoms with E-state index in [0.29, 0.717) is 0 Å². The van der Waals surface area contributed by atoms with E-state index >= 15 is 0 Å². The molecule has 0 fully saturated rings. The summed E-state index contributed by atoms with van der Waals surface area (Å²) < 4.78 is 0. The van der Waals surface area contributed by atoms with E-state index in [-0.39, 0.29) is 5.54 Å². The summed E-state index contributed by atoms with van der Waals surface area (Å²) in [5, 5.41) is 9.51. The molecule has 2 heteroatoms. The van der Waals surface area contributed by atoms with Crippen molar-refractivity contribution in [2.75, 3.05) is 0 Å². The third kappa shape index (κ3) is 9.77. The molecule has 0 aliphatic rings. The third-order valence-electron chi connectivity index (χ3n) is 4.45. The summed E-state index contributed by atoms with van der Waals surface area (Å²) in [6.07, 6.45) is 17.9. The number of unbranched alkanes of at least 4 members (excludes halogenated alkanes) is 8. The Morgan fingerprint density at radius 3 is 1.45 bits per heavy atom. The minimum Gasteiger partial charge on any atom is -0.316 e. The van der Waals surface area contributed by atoms with Gasteiger partial charge >= 0.3 is 0 Å². The average molecular weight is 286 g/mol. The maximum Gasteiger partial charge on any atom is 0.0429 e. The van der Waals surface area contributed by atoms with Gasteiger partial charge in [-0.05, 0) is 19.3 Å². The van der Waals surface area contributed by atoms with E-state index in [1.54, 1.807) is 0 Å². The molecule has 0 aromatic heterocycles. The summed E-state index contributed by atoms with van der Waals surface area (Å²) in [4.78, 5) is 0. The van der Waals surface area contributed by atoms with Crippen LogP contribution in [0.1, 0.15) is 111 Å². The normalized spacial score (nSPS) is 12.0. The second-order valence-corrected chi connectivity index (χ2v) is 6.47. The summed E-state index contributed by atoms with van der Waals surface area (Å²) in [6, 6.07) is 0. The molecule has 0 amide bonds. The van der Waals surface area contributed by atoms with Crippen LogP contribution in [0.25, 0.3) is 0 Å². The zero-order chi connectivity index (χ0) is 15.1. The molecule has 0 aromatic rings. The molecule has 0 aromatic carbocycles. The van der Waals surface area contributed by atoms with Crippen molar-refractivity contribution in [3.63, 3.8) is 0 Å². The van der Waals surface area contributed by atoms with Crippen LogP contribution in [0, 0.1) is 0 Å². The molecule has 0 saturated heterocycles. The summed E-state index contributed by atoms with van der Waals surface area (Å²) in [5.74, 6) is 0. The lowest BCUT2D eigenvalue weighted by Gasteiger charge is -2.32. The van der Waals surface area contributed by atoms with Crippen molar-refractivity contribution in [1.82, 2.24) is 5.48 Å². The Labute approximate surface area is 127 Å². The summed E-state index contributed by atoms with van der Waals surface area (Å²) in [6.45, 7) is 6.68. The van der Waals surface area contributed by atoms with Gasteiger partial charge in [0.1, 0.15) is 0 Å². The van der Waals surface area contributed by atoms with Gasteiger partial charge in [-0.25, -0.2) is 0 Å². The van der Waals surface area contributed by atoms with E-state index in [9.17, 15) is 5.21 Å².